The lowest BCUT2D eigenvalue weighted by molar-refractivity contribution is -0.140. The highest BCUT2D eigenvalue weighted by Crippen LogP contribution is 2.29. The van der Waals surface area contributed by atoms with E-state index in [1.807, 2.05) is 30.3 Å². The van der Waals surface area contributed by atoms with Crippen molar-refractivity contribution in [2.45, 2.75) is 69.5 Å². The van der Waals surface area contributed by atoms with Gasteiger partial charge >= 0.3 is 0 Å². The number of fused-ring (bicyclic) bond motifs is 1. The van der Waals surface area contributed by atoms with Crippen molar-refractivity contribution < 1.29 is 19.2 Å². The standard InChI is InChI=1S/C28H35N7O4/c29-25(36)12-13-31-27(38)24-16-22(33-34-30)17-35(24)28(39)23(14-18-6-2-1-3-7-18)32-26(37)21-11-10-19-8-4-5-9-20(19)15-21/h4-5,8-11,15,18,22-24H,1-3,6-7,12-14,16-17H2,(H2,29,36)(H,31,38)(H,32,37)/t22?,23-,24+/m1/s1. The van der Waals surface area contributed by atoms with Gasteiger partial charge in [-0.15, -0.1) is 0 Å². The Morgan fingerprint density at radius 2 is 1.82 bits per heavy atom. The Hall–Kier alpha value is -4.11. The first-order chi connectivity index (χ1) is 18.9. The predicted molar refractivity (Wildman–Crippen MR) is 146 cm³/mol. The molecule has 2 fully saturated rings. The fraction of sp³-hybridized carbons (Fsp3) is 0.500. The fourth-order valence-corrected chi connectivity index (χ4v) is 5.64. The van der Waals surface area contributed by atoms with Gasteiger partial charge in [-0.1, -0.05) is 67.6 Å². The summed E-state index contributed by atoms with van der Waals surface area (Å²) in [7, 11) is 0. The lowest BCUT2D eigenvalue weighted by atomic mass is 9.84. The van der Waals surface area contributed by atoms with Gasteiger partial charge in [0.2, 0.25) is 17.7 Å². The smallest absolute Gasteiger partial charge is 0.251 e. The summed E-state index contributed by atoms with van der Waals surface area (Å²) >= 11 is 0. The Bertz CT molecular complexity index is 1270. The van der Waals surface area contributed by atoms with Crippen LogP contribution in [0.25, 0.3) is 21.2 Å². The molecule has 11 nitrogen and oxygen atoms in total. The summed E-state index contributed by atoms with van der Waals surface area (Å²) in [6, 6.07) is 10.9. The first kappa shape index (κ1) is 27.9. The first-order valence-corrected chi connectivity index (χ1v) is 13.6. The molecular weight excluding hydrogens is 498 g/mol. The molecule has 2 aromatic rings. The van der Waals surface area contributed by atoms with E-state index in [2.05, 4.69) is 20.7 Å². The molecule has 1 saturated heterocycles. The van der Waals surface area contributed by atoms with Crippen LogP contribution >= 0.6 is 0 Å². The number of primary amides is 1. The molecule has 2 aliphatic rings. The van der Waals surface area contributed by atoms with Crippen LogP contribution in [0.4, 0.5) is 0 Å². The number of benzene rings is 2. The average Bonchev–Trinajstić information content (AvgIpc) is 3.36. The van der Waals surface area contributed by atoms with Crippen molar-refractivity contribution >= 4 is 34.4 Å². The van der Waals surface area contributed by atoms with Gasteiger partial charge in [0, 0.05) is 30.0 Å². The molecule has 0 aromatic heterocycles. The lowest BCUT2D eigenvalue weighted by Crippen LogP contribution is -2.54. The summed E-state index contributed by atoms with van der Waals surface area (Å²) in [5.74, 6) is -1.45. The van der Waals surface area contributed by atoms with Gasteiger partial charge in [-0.3, -0.25) is 19.2 Å². The number of carbonyl (C=O) groups excluding carboxylic acids is 4. The van der Waals surface area contributed by atoms with Gasteiger partial charge in [0.25, 0.3) is 5.91 Å². The van der Waals surface area contributed by atoms with E-state index < -0.39 is 29.9 Å². The van der Waals surface area contributed by atoms with Crippen LogP contribution < -0.4 is 16.4 Å². The minimum atomic E-state index is -0.882. The van der Waals surface area contributed by atoms with Crippen LogP contribution in [0.2, 0.25) is 0 Å². The quantitative estimate of drug-likeness (QED) is 0.242. The van der Waals surface area contributed by atoms with Crippen molar-refractivity contribution in [2.24, 2.45) is 16.8 Å². The van der Waals surface area contributed by atoms with Crippen molar-refractivity contribution in [1.82, 2.24) is 15.5 Å². The Kier molecular flexibility index (Phi) is 9.38. The van der Waals surface area contributed by atoms with E-state index in [9.17, 15) is 19.2 Å². The molecule has 3 atom stereocenters. The number of nitrogens with two attached hydrogens (primary N) is 1. The second-order valence-corrected chi connectivity index (χ2v) is 10.4. The maximum atomic E-state index is 14.0. The predicted octanol–water partition coefficient (Wildman–Crippen LogP) is 3.18. The molecule has 206 valence electrons. The summed E-state index contributed by atoms with van der Waals surface area (Å²) < 4.78 is 0. The van der Waals surface area contributed by atoms with Crippen LogP contribution in [0, 0.1) is 5.92 Å². The third-order valence-electron chi connectivity index (χ3n) is 7.66. The Balaban J connectivity index is 1.55. The number of carbonyl (C=O) groups is 4. The topological polar surface area (TPSA) is 170 Å². The summed E-state index contributed by atoms with van der Waals surface area (Å²) in [5.41, 5.74) is 14.6. The fourth-order valence-electron chi connectivity index (χ4n) is 5.64. The highest BCUT2D eigenvalue weighted by molar-refractivity contribution is 6.01. The molecule has 39 heavy (non-hydrogen) atoms. The molecule has 2 aromatic carbocycles. The Morgan fingerprint density at radius 1 is 1.08 bits per heavy atom. The zero-order valence-corrected chi connectivity index (χ0v) is 21.9. The van der Waals surface area contributed by atoms with Crippen LogP contribution in [0.5, 0.6) is 0 Å². The molecule has 0 spiro atoms. The van der Waals surface area contributed by atoms with Gasteiger partial charge in [-0.2, -0.15) is 0 Å². The van der Waals surface area contributed by atoms with E-state index >= 15 is 0 Å². The van der Waals surface area contributed by atoms with Crippen LogP contribution in [0.1, 0.15) is 61.7 Å². The molecule has 4 rings (SSSR count). The molecule has 1 aliphatic heterocycles. The molecule has 4 amide bonds. The number of nitrogens with zero attached hydrogens (tertiary/aromatic N) is 4. The number of amides is 4. The molecule has 4 N–H and O–H groups in total. The number of hydrogen-bond donors (Lipinski definition) is 3. The molecular formula is C28H35N7O4. The maximum Gasteiger partial charge on any atom is 0.251 e. The molecule has 0 radical (unpaired) electrons. The number of likely N-dealkylation sites (tertiary alicyclic amines) is 1. The normalized spacial score (nSPS) is 20.2. The maximum absolute atomic E-state index is 14.0. The minimum absolute atomic E-state index is 0.0295. The van der Waals surface area contributed by atoms with E-state index in [0.29, 0.717) is 12.0 Å². The number of rotatable bonds is 10. The second-order valence-electron chi connectivity index (χ2n) is 10.4. The summed E-state index contributed by atoms with van der Waals surface area (Å²) in [5, 5.41) is 11.3. The average molecular weight is 534 g/mol. The molecule has 11 heteroatoms. The van der Waals surface area contributed by atoms with Gasteiger partial charge in [-0.25, -0.2) is 0 Å². The number of hydrogen-bond acceptors (Lipinski definition) is 5. The minimum Gasteiger partial charge on any atom is -0.370 e. The highest BCUT2D eigenvalue weighted by atomic mass is 16.2. The van der Waals surface area contributed by atoms with Crippen molar-refractivity contribution in [2.75, 3.05) is 13.1 Å². The Morgan fingerprint density at radius 3 is 2.54 bits per heavy atom. The molecule has 1 aliphatic carbocycles. The largest absolute Gasteiger partial charge is 0.370 e. The van der Waals surface area contributed by atoms with E-state index in [1.54, 1.807) is 12.1 Å². The first-order valence-electron chi connectivity index (χ1n) is 13.6. The third-order valence-corrected chi connectivity index (χ3v) is 7.66. The van der Waals surface area contributed by atoms with E-state index in [4.69, 9.17) is 11.3 Å². The third kappa shape index (κ3) is 7.26. The van der Waals surface area contributed by atoms with Crippen molar-refractivity contribution in [3.05, 3.63) is 58.5 Å². The van der Waals surface area contributed by atoms with Crippen molar-refractivity contribution in [3.8, 4) is 0 Å². The SMILES string of the molecule is [N-]=[N+]=NC1C[C@@H](C(=O)NCCC(N)=O)N(C(=O)[C@@H](CC2CCCCC2)NC(=O)c2ccc3ccccc3c2)C1. The van der Waals surface area contributed by atoms with Gasteiger partial charge < -0.3 is 21.3 Å². The van der Waals surface area contributed by atoms with Gasteiger partial charge in [0.05, 0.1) is 6.04 Å². The zero-order valence-electron chi connectivity index (χ0n) is 21.9. The molecule has 1 heterocycles. The number of nitrogens with one attached hydrogen (secondary N) is 2. The van der Waals surface area contributed by atoms with Crippen molar-refractivity contribution in [3.63, 3.8) is 0 Å². The summed E-state index contributed by atoms with van der Waals surface area (Å²) in [6.45, 7) is 0.118. The molecule has 0 bridgehead atoms. The van der Waals surface area contributed by atoms with E-state index in [0.717, 1.165) is 42.9 Å². The summed E-state index contributed by atoms with van der Waals surface area (Å²) in [4.78, 5) is 55.7. The van der Waals surface area contributed by atoms with Gasteiger partial charge in [-0.05, 0) is 47.2 Å². The number of azide groups is 1. The van der Waals surface area contributed by atoms with Crippen LogP contribution in [-0.4, -0.2) is 59.7 Å². The van der Waals surface area contributed by atoms with Crippen LogP contribution in [0.3, 0.4) is 0 Å². The van der Waals surface area contributed by atoms with Crippen molar-refractivity contribution in [1.29, 1.82) is 0 Å². The van der Waals surface area contributed by atoms with E-state index in [1.165, 1.54) is 4.90 Å². The molecule has 1 saturated carbocycles. The van der Waals surface area contributed by atoms with E-state index in [-0.39, 0.29) is 43.7 Å². The second kappa shape index (κ2) is 13.1. The van der Waals surface area contributed by atoms with Crippen LogP contribution in [0.15, 0.2) is 47.6 Å². The molecule has 1 unspecified atom stereocenters. The monoisotopic (exact) mass is 533 g/mol. The Labute approximate surface area is 227 Å². The summed E-state index contributed by atoms with van der Waals surface area (Å²) in [6.07, 6.45) is 5.88. The highest BCUT2D eigenvalue weighted by Gasteiger charge is 2.42. The zero-order chi connectivity index (χ0) is 27.8. The van der Waals surface area contributed by atoms with Crippen LogP contribution in [-0.2, 0) is 14.4 Å². The van der Waals surface area contributed by atoms with Gasteiger partial charge in [0.1, 0.15) is 12.1 Å². The van der Waals surface area contributed by atoms with Gasteiger partial charge in [0.15, 0.2) is 0 Å². The lowest BCUT2D eigenvalue weighted by Gasteiger charge is -2.31.